The van der Waals surface area contributed by atoms with Gasteiger partial charge in [-0.05, 0) is 50.6 Å². The highest BCUT2D eigenvalue weighted by atomic mass is 16.5. The molecule has 1 saturated heterocycles. The summed E-state index contributed by atoms with van der Waals surface area (Å²) in [5.41, 5.74) is 1.96. The lowest BCUT2D eigenvalue weighted by Gasteiger charge is -2.33. The largest absolute Gasteiger partial charge is 0.507 e. The molecule has 0 aliphatic carbocycles. The van der Waals surface area contributed by atoms with Crippen molar-refractivity contribution >= 4 is 11.9 Å². The molecule has 2 aliphatic heterocycles. The van der Waals surface area contributed by atoms with E-state index in [0.717, 1.165) is 24.9 Å². The number of phenolic OH excluding ortho intramolecular Hbond substituents is 1. The zero-order valence-electron chi connectivity index (χ0n) is 16.3. The smallest absolute Gasteiger partial charge is 0.231 e. The van der Waals surface area contributed by atoms with Gasteiger partial charge in [-0.15, -0.1) is 0 Å². The average Bonchev–Trinajstić information content (AvgIpc) is 3.02. The van der Waals surface area contributed by atoms with Gasteiger partial charge in [0.25, 0.3) is 0 Å². The third-order valence-corrected chi connectivity index (χ3v) is 5.64. The van der Waals surface area contributed by atoms with E-state index in [-0.39, 0.29) is 17.3 Å². The van der Waals surface area contributed by atoms with Gasteiger partial charge in [-0.1, -0.05) is 24.6 Å². The van der Waals surface area contributed by atoms with E-state index in [1.165, 1.54) is 6.42 Å². The van der Waals surface area contributed by atoms with Crippen molar-refractivity contribution in [2.45, 2.75) is 38.8 Å². The van der Waals surface area contributed by atoms with Crippen LogP contribution in [0.1, 0.15) is 47.7 Å². The van der Waals surface area contributed by atoms with Gasteiger partial charge >= 0.3 is 0 Å². The molecule has 4 rings (SSSR count). The predicted molar refractivity (Wildman–Crippen MR) is 108 cm³/mol. The number of ketones is 1. The first-order valence-corrected chi connectivity index (χ1v) is 9.74. The maximum atomic E-state index is 12.9. The van der Waals surface area contributed by atoms with Crippen molar-refractivity contribution in [3.05, 3.63) is 58.8 Å². The number of benzene rings is 2. The fourth-order valence-electron chi connectivity index (χ4n) is 3.97. The number of para-hydroxylation sites is 1. The monoisotopic (exact) mass is 379 g/mol. The standard InChI is InChI=1S/C23H25NO4/c1-15-7-5-6-12-24(15)14-18-19(25)11-10-17-22(26)21(28-23(17)18)13-16-8-3-4-9-20(16)27-2/h3-4,8-11,13,15,25H,5-7,12,14H2,1-2H3/b21-13-. The van der Waals surface area contributed by atoms with Crippen molar-refractivity contribution in [2.24, 2.45) is 0 Å². The van der Waals surface area contributed by atoms with E-state index in [1.807, 2.05) is 24.3 Å². The zero-order chi connectivity index (χ0) is 19.7. The Morgan fingerprint density at radius 2 is 2.07 bits per heavy atom. The van der Waals surface area contributed by atoms with E-state index in [2.05, 4.69) is 11.8 Å². The fraction of sp³-hybridized carbons (Fsp3) is 0.348. The lowest BCUT2D eigenvalue weighted by Crippen LogP contribution is -2.36. The molecule has 146 valence electrons. The second-order valence-corrected chi connectivity index (χ2v) is 7.44. The zero-order valence-corrected chi connectivity index (χ0v) is 16.3. The van der Waals surface area contributed by atoms with Crippen molar-refractivity contribution in [3.8, 4) is 17.2 Å². The summed E-state index contributed by atoms with van der Waals surface area (Å²) >= 11 is 0. The van der Waals surface area contributed by atoms with Gasteiger partial charge in [0.2, 0.25) is 5.78 Å². The molecule has 0 amide bonds. The first-order valence-electron chi connectivity index (χ1n) is 9.74. The van der Waals surface area contributed by atoms with Gasteiger partial charge in [-0.2, -0.15) is 0 Å². The van der Waals surface area contributed by atoms with Crippen molar-refractivity contribution < 1.29 is 19.4 Å². The molecule has 0 spiro atoms. The summed E-state index contributed by atoms with van der Waals surface area (Å²) in [6.07, 6.45) is 5.23. The maximum absolute atomic E-state index is 12.9. The molecule has 0 aromatic heterocycles. The number of fused-ring (bicyclic) bond motifs is 1. The summed E-state index contributed by atoms with van der Waals surface area (Å²) in [5.74, 6) is 1.39. The average molecular weight is 379 g/mol. The number of piperidine rings is 1. The van der Waals surface area contributed by atoms with E-state index in [4.69, 9.17) is 9.47 Å². The van der Waals surface area contributed by atoms with Gasteiger partial charge in [0, 0.05) is 18.2 Å². The summed E-state index contributed by atoms with van der Waals surface area (Å²) in [5, 5.41) is 10.5. The number of Topliss-reactive ketones (excluding diaryl/α,β-unsaturated/α-hetero) is 1. The lowest BCUT2D eigenvalue weighted by atomic mass is 10.0. The van der Waals surface area contributed by atoms with Gasteiger partial charge in [0.1, 0.15) is 17.2 Å². The molecule has 28 heavy (non-hydrogen) atoms. The minimum Gasteiger partial charge on any atom is -0.507 e. The van der Waals surface area contributed by atoms with Crippen LogP contribution in [0.5, 0.6) is 17.2 Å². The minimum atomic E-state index is -0.172. The Morgan fingerprint density at radius 3 is 2.86 bits per heavy atom. The van der Waals surface area contributed by atoms with Crippen molar-refractivity contribution in [1.29, 1.82) is 0 Å². The van der Waals surface area contributed by atoms with Crippen LogP contribution in [0, 0.1) is 0 Å². The molecule has 1 atom stereocenters. The number of carbonyl (C=O) groups is 1. The third-order valence-electron chi connectivity index (χ3n) is 5.64. The topological polar surface area (TPSA) is 59.0 Å². The van der Waals surface area contributed by atoms with Crippen LogP contribution in [-0.2, 0) is 6.54 Å². The molecule has 0 saturated carbocycles. The van der Waals surface area contributed by atoms with Crippen LogP contribution < -0.4 is 9.47 Å². The number of carbonyl (C=O) groups excluding carboxylic acids is 1. The number of methoxy groups -OCH3 is 1. The molecule has 5 heteroatoms. The van der Waals surface area contributed by atoms with Gasteiger partial charge in [0.05, 0.1) is 18.2 Å². The van der Waals surface area contributed by atoms with Crippen LogP contribution in [0.4, 0.5) is 0 Å². The number of likely N-dealkylation sites (tertiary alicyclic amines) is 1. The van der Waals surface area contributed by atoms with Crippen LogP contribution >= 0.6 is 0 Å². The maximum Gasteiger partial charge on any atom is 0.231 e. The summed E-state index contributed by atoms with van der Waals surface area (Å²) < 4.78 is 11.3. The van der Waals surface area contributed by atoms with E-state index >= 15 is 0 Å². The highest BCUT2D eigenvalue weighted by molar-refractivity contribution is 6.15. The molecule has 1 fully saturated rings. The highest BCUT2D eigenvalue weighted by Gasteiger charge is 2.32. The highest BCUT2D eigenvalue weighted by Crippen LogP contribution is 2.41. The number of hydrogen-bond acceptors (Lipinski definition) is 5. The Labute approximate surface area is 165 Å². The molecule has 2 aromatic carbocycles. The molecule has 1 N–H and O–H groups in total. The number of allylic oxidation sites excluding steroid dienone is 1. The number of nitrogens with zero attached hydrogens (tertiary/aromatic N) is 1. The summed E-state index contributed by atoms with van der Waals surface area (Å²) in [6.45, 7) is 3.77. The molecular weight excluding hydrogens is 354 g/mol. The van der Waals surface area contributed by atoms with Crippen LogP contribution in [-0.4, -0.2) is 35.5 Å². The quantitative estimate of drug-likeness (QED) is 0.799. The number of hydrogen-bond donors (Lipinski definition) is 1. The van der Waals surface area contributed by atoms with E-state index < -0.39 is 0 Å². The first-order chi connectivity index (χ1) is 13.6. The van der Waals surface area contributed by atoms with Crippen molar-refractivity contribution in [1.82, 2.24) is 4.90 Å². The molecule has 2 aliphatic rings. The number of phenols is 1. The molecule has 2 aromatic rings. The molecular formula is C23H25NO4. The van der Waals surface area contributed by atoms with Gasteiger partial charge in [-0.3, -0.25) is 9.69 Å². The Balaban J connectivity index is 1.68. The van der Waals surface area contributed by atoms with Crippen molar-refractivity contribution in [2.75, 3.05) is 13.7 Å². The molecule has 5 nitrogen and oxygen atoms in total. The molecule has 1 unspecified atom stereocenters. The summed E-state index contributed by atoms with van der Waals surface area (Å²) in [4.78, 5) is 15.2. The number of aromatic hydroxyl groups is 1. The Kier molecular flexibility index (Phi) is 5.09. The predicted octanol–water partition coefficient (Wildman–Crippen LogP) is 4.39. The van der Waals surface area contributed by atoms with Crippen molar-refractivity contribution in [3.63, 3.8) is 0 Å². The van der Waals surface area contributed by atoms with E-state index in [9.17, 15) is 9.90 Å². The van der Waals surface area contributed by atoms with Crippen LogP contribution in [0.2, 0.25) is 0 Å². The number of ether oxygens (including phenoxy) is 2. The second kappa shape index (κ2) is 7.68. The van der Waals surface area contributed by atoms with Gasteiger partial charge < -0.3 is 14.6 Å². The van der Waals surface area contributed by atoms with Gasteiger partial charge in [-0.25, -0.2) is 0 Å². The number of rotatable bonds is 4. The Bertz CT molecular complexity index is 934. The van der Waals surface area contributed by atoms with Crippen LogP contribution in [0.15, 0.2) is 42.2 Å². The molecule has 0 radical (unpaired) electrons. The fourth-order valence-corrected chi connectivity index (χ4v) is 3.97. The molecule has 2 heterocycles. The third kappa shape index (κ3) is 3.38. The summed E-state index contributed by atoms with van der Waals surface area (Å²) in [7, 11) is 1.60. The normalized spacial score (nSPS) is 20.9. The Morgan fingerprint density at radius 1 is 1.25 bits per heavy atom. The lowest BCUT2D eigenvalue weighted by molar-refractivity contribution is 0.101. The minimum absolute atomic E-state index is 0.169. The van der Waals surface area contributed by atoms with Crippen LogP contribution in [0.3, 0.4) is 0 Å². The van der Waals surface area contributed by atoms with E-state index in [1.54, 1.807) is 25.3 Å². The first kappa shape index (κ1) is 18.6. The van der Waals surface area contributed by atoms with Crippen LogP contribution in [0.25, 0.3) is 6.08 Å². The molecule has 0 bridgehead atoms. The van der Waals surface area contributed by atoms with Gasteiger partial charge in [0.15, 0.2) is 5.76 Å². The SMILES string of the molecule is COc1ccccc1/C=C1\Oc2c(ccc(O)c2CN2CCCCC2C)C1=O. The second-order valence-electron chi connectivity index (χ2n) is 7.44. The Hall–Kier alpha value is -2.79. The van der Waals surface area contributed by atoms with E-state index in [0.29, 0.717) is 35.2 Å². The summed E-state index contributed by atoms with van der Waals surface area (Å²) in [6, 6.07) is 11.2.